The summed E-state index contributed by atoms with van der Waals surface area (Å²) in [5, 5.41) is 3.17. The average Bonchev–Trinajstić information content (AvgIpc) is 2.53. The molecule has 1 aromatic carbocycles. The van der Waals surface area contributed by atoms with Crippen molar-refractivity contribution in [2.75, 3.05) is 39.9 Å². The highest BCUT2D eigenvalue weighted by atomic mass is 35.5. The van der Waals surface area contributed by atoms with E-state index in [-0.39, 0.29) is 24.4 Å². The highest BCUT2D eigenvalue weighted by molar-refractivity contribution is 5.85. The highest BCUT2D eigenvalue weighted by Crippen LogP contribution is 2.16. The van der Waals surface area contributed by atoms with Crippen LogP contribution in [0.15, 0.2) is 24.3 Å². The zero-order valence-electron chi connectivity index (χ0n) is 13.2. The van der Waals surface area contributed by atoms with E-state index < -0.39 is 0 Å². The fourth-order valence-electron chi connectivity index (χ4n) is 2.28. The Morgan fingerprint density at radius 3 is 2.91 bits per heavy atom. The number of ether oxygens (including phenoxy) is 2. The van der Waals surface area contributed by atoms with Crippen molar-refractivity contribution in [1.82, 2.24) is 10.2 Å². The van der Waals surface area contributed by atoms with Crippen LogP contribution in [0.5, 0.6) is 5.75 Å². The van der Waals surface area contributed by atoms with E-state index in [1.807, 2.05) is 38.2 Å². The number of morpholine rings is 1. The number of halogens is 1. The van der Waals surface area contributed by atoms with Gasteiger partial charge in [0.2, 0.25) is 0 Å². The van der Waals surface area contributed by atoms with Gasteiger partial charge in [0, 0.05) is 26.7 Å². The summed E-state index contributed by atoms with van der Waals surface area (Å²) in [6, 6.07) is 7.95. The zero-order valence-corrected chi connectivity index (χ0v) is 14.0. The van der Waals surface area contributed by atoms with Crippen LogP contribution in [0, 0.1) is 6.92 Å². The summed E-state index contributed by atoms with van der Waals surface area (Å²) in [5.74, 6) is 0.949. The number of para-hydroxylation sites is 1. The Labute approximate surface area is 138 Å². The Bertz CT molecular complexity index is 464. The minimum atomic E-state index is -0.346. The normalized spacial score (nSPS) is 17.5. The molecule has 1 fully saturated rings. The lowest BCUT2D eigenvalue weighted by Gasteiger charge is -2.27. The zero-order chi connectivity index (χ0) is 15.1. The highest BCUT2D eigenvalue weighted by Gasteiger charge is 2.24. The molecule has 2 rings (SSSR count). The van der Waals surface area contributed by atoms with Gasteiger partial charge in [-0.2, -0.15) is 0 Å². The molecule has 1 amide bonds. The van der Waals surface area contributed by atoms with Gasteiger partial charge < -0.3 is 19.7 Å². The van der Waals surface area contributed by atoms with Gasteiger partial charge >= 0.3 is 0 Å². The van der Waals surface area contributed by atoms with Gasteiger partial charge in [-0.05, 0) is 25.0 Å². The molecule has 0 aliphatic carbocycles. The predicted octanol–water partition coefficient (Wildman–Crippen LogP) is 1.63. The van der Waals surface area contributed by atoms with Crippen LogP contribution in [0.2, 0.25) is 0 Å². The van der Waals surface area contributed by atoms with E-state index in [1.54, 1.807) is 4.90 Å². The van der Waals surface area contributed by atoms with Gasteiger partial charge in [-0.1, -0.05) is 18.2 Å². The van der Waals surface area contributed by atoms with E-state index in [9.17, 15) is 4.79 Å². The Balaban J connectivity index is 0.00000242. The van der Waals surface area contributed by atoms with Crippen molar-refractivity contribution in [3.05, 3.63) is 29.8 Å². The number of benzene rings is 1. The molecule has 1 heterocycles. The monoisotopic (exact) mass is 328 g/mol. The van der Waals surface area contributed by atoms with E-state index in [1.165, 1.54) is 0 Å². The molecule has 1 atom stereocenters. The van der Waals surface area contributed by atoms with Crippen molar-refractivity contribution in [3.8, 4) is 5.75 Å². The van der Waals surface area contributed by atoms with Gasteiger partial charge in [-0.15, -0.1) is 12.4 Å². The third kappa shape index (κ3) is 5.48. The summed E-state index contributed by atoms with van der Waals surface area (Å²) in [7, 11) is 1.81. The number of nitrogens with one attached hydrogen (secondary N) is 1. The number of carbonyl (C=O) groups excluding carboxylic acids is 1. The van der Waals surface area contributed by atoms with Crippen LogP contribution in [-0.4, -0.2) is 56.8 Å². The second-order valence-electron chi connectivity index (χ2n) is 5.29. The van der Waals surface area contributed by atoms with E-state index in [0.717, 1.165) is 24.3 Å². The number of nitrogens with zero attached hydrogens (tertiary/aromatic N) is 1. The number of rotatable bonds is 6. The molecule has 1 aromatic rings. The van der Waals surface area contributed by atoms with Crippen LogP contribution in [0.1, 0.15) is 12.0 Å². The molecular weight excluding hydrogens is 304 g/mol. The minimum Gasteiger partial charge on any atom is -0.493 e. The number of amides is 1. The quantitative estimate of drug-likeness (QED) is 0.806. The van der Waals surface area contributed by atoms with Crippen molar-refractivity contribution >= 4 is 18.3 Å². The van der Waals surface area contributed by atoms with Gasteiger partial charge in [0.15, 0.2) is 0 Å². The standard InChI is InChI=1S/C16H24N2O3.ClH/c1-13-6-3-4-7-14(13)20-10-5-9-18(2)16(19)15-12-17-8-11-21-15;/h3-4,6-7,15,17H,5,8-12H2,1-2H3;1H. The van der Waals surface area contributed by atoms with Gasteiger partial charge in [0.1, 0.15) is 11.9 Å². The van der Waals surface area contributed by atoms with Crippen molar-refractivity contribution < 1.29 is 14.3 Å². The van der Waals surface area contributed by atoms with Crippen LogP contribution in [0.4, 0.5) is 0 Å². The first-order chi connectivity index (χ1) is 10.2. The number of hydrogen-bond donors (Lipinski definition) is 1. The molecule has 1 saturated heterocycles. The Hall–Kier alpha value is -1.30. The Morgan fingerprint density at radius 1 is 1.45 bits per heavy atom. The van der Waals surface area contributed by atoms with E-state index >= 15 is 0 Å². The molecule has 1 aliphatic rings. The summed E-state index contributed by atoms with van der Waals surface area (Å²) in [5.41, 5.74) is 1.13. The largest absolute Gasteiger partial charge is 0.493 e. The minimum absolute atomic E-state index is 0. The molecule has 5 nitrogen and oxygen atoms in total. The third-order valence-corrected chi connectivity index (χ3v) is 3.57. The molecule has 1 N–H and O–H groups in total. The van der Waals surface area contributed by atoms with Gasteiger partial charge in [0.25, 0.3) is 5.91 Å². The lowest BCUT2D eigenvalue weighted by atomic mass is 10.2. The maximum Gasteiger partial charge on any atom is 0.252 e. The van der Waals surface area contributed by atoms with Gasteiger partial charge in [-0.25, -0.2) is 0 Å². The molecule has 0 spiro atoms. The maximum atomic E-state index is 12.1. The van der Waals surface area contributed by atoms with E-state index in [2.05, 4.69) is 5.32 Å². The molecule has 0 radical (unpaired) electrons. The fourth-order valence-corrected chi connectivity index (χ4v) is 2.28. The van der Waals surface area contributed by atoms with Gasteiger partial charge in [0.05, 0.1) is 13.2 Å². The summed E-state index contributed by atoms with van der Waals surface area (Å²) < 4.78 is 11.2. The summed E-state index contributed by atoms with van der Waals surface area (Å²) in [6.07, 6.45) is 0.456. The van der Waals surface area contributed by atoms with Crippen molar-refractivity contribution in [2.45, 2.75) is 19.4 Å². The number of likely N-dealkylation sites (N-methyl/N-ethyl adjacent to an activating group) is 1. The summed E-state index contributed by atoms with van der Waals surface area (Å²) >= 11 is 0. The fraction of sp³-hybridized carbons (Fsp3) is 0.562. The Morgan fingerprint density at radius 2 is 2.23 bits per heavy atom. The first kappa shape index (κ1) is 18.7. The van der Waals surface area contributed by atoms with Crippen molar-refractivity contribution in [3.63, 3.8) is 0 Å². The molecular formula is C16H25ClN2O3. The smallest absolute Gasteiger partial charge is 0.252 e. The molecule has 22 heavy (non-hydrogen) atoms. The van der Waals surface area contributed by atoms with E-state index in [0.29, 0.717) is 26.3 Å². The summed E-state index contributed by atoms with van der Waals surface area (Å²) in [4.78, 5) is 13.9. The molecule has 1 aliphatic heterocycles. The topological polar surface area (TPSA) is 50.8 Å². The van der Waals surface area contributed by atoms with E-state index in [4.69, 9.17) is 9.47 Å². The van der Waals surface area contributed by atoms with Crippen LogP contribution in [0.3, 0.4) is 0 Å². The lowest BCUT2D eigenvalue weighted by Crippen LogP contribution is -2.48. The molecule has 1 unspecified atom stereocenters. The number of hydrogen-bond acceptors (Lipinski definition) is 4. The lowest BCUT2D eigenvalue weighted by molar-refractivity contribution is -0.143. The second-order valence-corrected chi connectivity index (χ2v) is 5.29. The second kappa shape index (κ2) is 9.66. The molecule has 0 bridgehead atoms. The van der Waals surface area contributed by atoms with Crippen molar-refractivity contribution in [2.24, 2.45) is 0 Å². The first-order valence-electron chi connectivity index (χ1n) is 7.44. The first-order valence-corrected chi connectivity index (χ1v) is 7.44. The van der Waals surface area contributed by atoms with Crippen molar-refractivity contribution in [1.29, 1.82) is 0 Å². The van der Waals surface area contributed by atoms with Crippen LogP contribution >= 0.6 is 12.4 Å². The molecule has 0 saturated carbocycles. The SMILES string of the molecule is Cc1ccccc1OCCCN(C)C(=O)C1CNCCO1.Cl. The third-order valence-electron chi connectivity index (χ3n) is 3.57. The maximum absolute atomic E-state index is 12.1. The summed E-state index contributed by atoms with van der Waals surface area (Å²) in [6.45, 7) is 5.32. The van der Waals surface area contributed by atoms with Crippen LogP contribution in [-0.2, 0) is 9.53 Å². The number of carbonyl (C=O) groups is 1. The number of aryl methyl sites for hydroxylation is 1. The Kier molecular flexibility index (Phi) is 8.24. The van der Waals surface area contributed by atoms with Crippen LogP contribution in [0.25, 0.3) is 0 Å². The molecule has 0 aromatic heterocycles. The van der Waals surface area contributed by atoms with Gasteiger partial charge in [-0.3, -0.25) is 4.79 Å². The predicted molar refractivity (Wildman–Crippen MR) is 88.8 cm³/mol. The average molecular weight is 329 g/mol. The molecule has 6 heteroatoms. The van der Waals surface area contributed by atoms with Crippen LogP contribution < -0.4 is 10.1 Å². The molecule has 124 valence electrons.